The summed E-state index contributed by atoms with van der Waals surface area (Å²) < 4.78 is 11.0. The fourth-order valence-electron chi connectivity index (χ4n) is 3.76. The fourth-order valence-corrected chi connectivity index (χ4v) is 3.76. The number of nitro groups is 1. The Labute approximate surface area is 123 Å². The lowest BCUT2D eigenvalue weighted by Gasteiger charge is -2.34. The largest absolute Gasteiger partial charge is 0.490 e. The van der Waals surface area contributed by atoms with Gasteiger partial charge in [-0.3, -0.25) is 10.1 Å². The van der Waals surface area contributed by atoms with Gasteiger partial charge in [0, 0.05) is 18.0 Å². The van der Waals surface area contributed by atoms with E-state index in [0.717, 1.165) is 31.2 Å². The van der Waals surface area contributed by atoms with Crippen molar-refractivity contribution in [2.24, 2.45) is 11.1 Å². The molecule has 0 amide bonds. The first-order valence-corrected chi connectivity index (χ1v) is 7.25. The minimum Gasteiger partial charge on any atom is -0.490 e. The topological polar surface area (TPSA) is 87.6 Å². The van der Waals surface area contributed by atoms with Crippen molar-refractivity contribution in [1.82, 2.24) is 0 Å². The average molecular weight is 292 g/mol. The molecule has 2 aliphatic rings. The van der Waals surface area contributed by atoms with Gasteiger partial charge in [-0.25, -0.2) is 0 Å². The molecule has 0 aliphatic carbocycles. The van der Waals surface area contributed by atoms with Crippen LogP contribution in [0.1, 0.15) is 24.8 Å². The molecule has 21 heavy (non-hydrogen) atoms. The van der Waals surface area contributed by atoms with Gasteiger partial charge in [0.05, 0.1) is 24.2 Å². The third-order valence-corrected chi connectivity index (χ3v) is 4.83. The minimum absolute atomic E-state index is 0.00578. The lowest BCUT2D eigenvalue weighted by atomic mass is 9.70. The Balaban J connectivity index is 1.87. The predicted octanol–water partition coefficient (Wildman–Crippen LogP) is 2.04. The molecule has 2 heterocycles. The van der Waals surface area contributed by atoms with Gasteiger partial charge in [0.2, 0.25) is 0 Å². The van der Waals surface area contributed by atoms with E-state index in [-0.39, 0.29) is 23.0 Å². The molecular formula is C15H20N2O4. The highest BCUT2D eigenvalue weighted by Gasteiger charge is 2.51. The second-order valence-corrected chi connectivity index (χ2v) is 6.03. The number of hydrogen-bond donors (Lipinski definition) is 1. The van der Waals surface area contributed by atoms with Gasteiger partial charge in [-0.2, -0.15) is 0 Å². The SMILES string of the molecule is COc1ccc(CC2(CN)CC3CCC2O3)cc1[N+](=O)[O-]. The van der Waals surface area contributed by atoms with Crippen LogP contribution in [0, 0.1) is 15.5 Å². The van der Waals surface area contributed by atoms with Crippen LogP contribution in [0.3, 0.4) is 0 Å². The van der Waals surface area contributed by atoms with Gasteiger partial charge in [-0.1, -0.05) is 6.07 Å². The number of hydrogen-bond acceptors (Lipinski definition) is 5. The summed E-state index contributed by atoms with van der Waals surface area (Å²) >= 11 is 0. The molecule has 0 radical (unpaired) electrons. The zero-order valence-electron chi connectivity index (χ0n) is 12.1. The molecule has 2 fully saturated rings. The van der Waals surface area contributed by atoms with E-state index in [2.05, 4.69) is 0 Å². The van der Waals surface area contributed by atoms with Gasteiger partial charge in [-0.15, -0.1) is 0 Å². The van der Waals surface area contributed by atoms with Gasteiger partial charge >= 0.3 is 5.69 Å². The minimum atomic E-state index is -0.408. The molecule has 0 spiro atoms. The van der Waals surface area contributed by atoms with Crippen molar-refractivity contribution in [3.05, 3.63) is 33.9 Å². The second kappa shape index (κ2) is 5.27. The van der Waals surface area contributed by atoms with Crippen LogP contribution in [0.15, 0.2) is 18.2 Å². The zero-order valence-corrected chi connectivity index (χ0v) is 12.1. The van der Waals surface area contributed by atoms with E-state index in [1.54, 1.807) is 12.1 Å². The summed E-state index contributed by atoms with van der Waals surface area (Å²) in [6, 6.07) is 5.14. The standard InChI is InChI=1S/C15H20N2O4/c1-20-13-4-2-10(6-12(13)17(18)19)7-15(9-16)8-11-3-5-14(15)21-11/h2,4,6,11,14H,3,5,7-9,16H2,1H3. The molecule has 3 atom stereocenters. The van der Waals surface area contributed by atoms with Crippen molar-refractivity contribution in [2.45, 2.75) is 37.9 Å². The smallest absolute Gasteiger partial charge is 0.311 e. The quantitative estimate of drug-likeness (QED) is 0.663. The van der Waals surface area contributed by atoms with Crippen LogP contribution in [0.5, 0.6) is 5.75 Å². The van der Waals surface area contributed by atoms with E-state index < -0.39 is 4.92 Å². The highest BCUT2D eigenvalue weighted by Crippen LogP contribution is 2.49. The number of methoxy groups -OCH3 is 1. The highest BCUT2D eigenvalue weighted by atomic mass is 16.6. The number of rotatable bonds is 5. The summed E-state index contributed by atoms with van der Waals surface area (Å²) in [5.74, 6) is 0.287. The molecule has 2 N–H and O–H groups in total. The molecular weight excluding hydrogens is 272 g/mol. The molecule has 2 saturated heterocycles. The van der Waals surface area contributed by atoms with Crippen LogP contribution in [0.2, 0.25) is 0 Å². The van der Waals surface area contributed by atoms with Crippen LogP contribution in [-0.2, 0) is 11.2 Å². The molecule has 0 saturated carbocycles. The van der Waals surface area contributed by atoms with E-state index in [1.807, 2.05) is 6.07 Å². The number of benzene rings is 1. The maximum absolute atomic E-state index is 11.1. The second-order valence-electron chi connectivity index (χ2n) is 6.03. The lowest BCUT2D eigenvalue weighted by Crippen LogP contribution is -2.41. The Kier molecular flexibility index (Phi) is 3.59. The molecule has 1 aromatic rings. The van der Waals surface area contributed by atoms with Crippen molar-refractivity contribution in [2.75, 3.05) is 13.7 Å². The van der Waals surface area contributed by atoms with Crippen molar-refractivity contribution < 1.29 is 14.4 Å². The third kappa shape index (κ3) is 2.38. The van der Waals surface area contributed by atoms with Gasteiger partial charge in [0.25, 0.3) is 0 Å². The molecule has 3 unspecified atom stereocenters. The predicted molar refractivity (Wildman–Crippen MR) is 77.4 cm³/mol. The van der Waals surface area contributed by atoms with Crippen molar-refractivity contribution in [3.63, 3.8) is 0 Å². The van der Waals surface area contributed by atoms with Crippen molar-refractivity contribution in [1.29, 1.82) is 0 Å². The van der Waals surface area contributed by atoms with Gasteiger partial charge < -0.3 is 15.2 Å². The first-order chi connectivity index (χ1) is 10.1. The van der Waals surface area contributed by atoms with Gasteiger partial charge in [-0.05, 0) is 37.3 Å². The Morgan fingerprint density at radius 2 is 2.33 bits per heavy atom. The van der Waals surface area contributed by atoms with Crippen LogP contribution in [0.4, 0.5) is 5.69 Å². The normalized spacial score (nSPS) is 30.6. The number of nitrogens with two attached hydrogens (primary N) is 1. The summed E-state index contributed by atoms with van der Waals surface area (Å²) in [5.41, 5.74) is 6.87. The van der Waals surface area contributed by atoms with E-state index in [4.69, 9.17) is 15.2 Å². The van der Waals surface area contributed by atoms with Crippen molar-refractivity contribution >= 4 is 5.69 Å². The van der Waals surface area contributed by atoms with E-state index in [0.29, 0.717) is 12.6 Å². The first-order valence-electron chi connectivity index (χ1n) is 7.25. The van der Waals surface area contributed by atoms with E-state index in [9.17, 15) is 10.1 Å². The summed E-state index contributed by atoms with van der Waals surface area (Å²) in [6.07, 6.45) is 4.32. The molecule has 3 rings (SSSR count). The zero-order chi connectivity index (χ0) is 15.0. The Morgan fingerprint density at radius 1 is 1.52 bits per heavy atom. The summed E-state index contributed by atoms with van der Waals surface area (Å²) in [7, 11) is 1.44. The summed E-state index contributed by atoms with van der Waals surface area (Å²) in [4.78, 5) is 10.7. The van der Waals surface area contributed by atoms with E-state index >= 15 is 0 Å². The fraction of sp³-hybridized carbons (Fsp3) is 0.600. The molecule has 0 aromatic heterocycles. The van der Waals surface area contributed by atoms with Gasteiger partial charge in [0.1, 0.15) is 0 Å². The Bertz CT molecular complexity index is 563. The molecule has 6 heteroatoms. The average Bonchev–Trinajstić information content (AvgIpc) is 3.08. The highest BCUT2D eigenvalue weighted by molar-refractivity contribution is 5.49. The van der Waals surface area contributed by atoms with Crippen LogP contribution >= 0.6 is 0 Å². The van der Waals surface area contributed by atoms with Crippen molar-refractivity contribution in [3.8, 4) is 5.75 Å². The number of fused-ring (bicyclic) bond motifs is 2. The maximum atomic E-state index is 11.1. The van der Waals surface area contributed by atoms with Crippen LogP contribution in [-0.4, -0.2) is 30.8 Å². The number of nitro benzene ring substituents is 1. The van der Waals surface area contributed by atoms with E-state index in [1.165, 1.54) is 7.11 Å². The summed E-state index contributed by atoms with van der Waals surface area (Å²) in [6.45, 7) is 0.550. The number of nitrogens with zero attached hydrogens (tertiary/aromatic N) is 1. The maximum Gasteiger partial charge on any atom is 0.311 e. The molecule has 114 valence electrons. The molecule has 1 aromatic carbocycles. The summed E-state index contributed by atoms with van der Waals surface area (Å²) in [5, 5.41) is 11.1. The lowest BCUT2D eigenvalue weighted by molar-refractivity contribution is -0.385. The number of ether oxygens (including phenoxy) is 2. The molecule has 2 bridgehead atoms. The third-order valence-electron chi connectivity index (χ3n) is 4.83. The van der Waals surface area contributed by atoms with Crippen LogP contribution in [0.25, 0.3) is 0 Å². The Morgan fingerprint density at radius 3 is 2.86 bits per heavy atom. The first kappa shape index (κ1) is 14.3. The monoisotopic (exact) mass is 292 g/mol. The van der Waals surface area contributed by atoms with Crippen LogP contribution < -0.4 is 10.5 Å². The molecule has 6 nitrogen and oxygen atoms in total. The van der Waals surface area contributed by atoms with Gasteiger partial charge in [0.15, 0.2) is 5.75 Å². The molecule has 2 aliphatic heterocycles. The Hall–Kier alpha value is -1.66.